The van der Waals surface area contributed by atoms with Gasteiger partial charge in [-0.25, -0.2) is 0 Å². The van der Waals surface area contributed by atoms with Crippen LogP contribution in [-0.2, 0) is 4.79 Å². The fourth-order valence-electron chi connectivity index (χ4n) is 1.98. The number of aromatic amines is 1. The number of ketones is 1. The van der Waals surface area contributed by atoms with Crippen LogP contribution in [0.2, 0.25) is 0 Å². The van der Waals surface area contributed by atoms with E-state index in [0.717, 1.165) is 16.6 Å². The van der Waals surface area contributed by atoms with Gasteiger partial charge < -0.3 is 14.9 Å². The summed E-state index contributed by atoms with van der Waals surface area (Å²) in [7, 11) is 0. The number of hydrogen-bond donors (Lipinski definition) is 1. The van der Waals surface area contributed by atoms with Crippen LogP contribution < -0.4 is 5.11 Å². The summed E-state index contributed by atoms with van der Waals surface area (Å²) in [6, 6.07) is 7.47. The molecule has 0 aliphatic heterocycles. The van der Waals surface area contributed by atoms with Crippen molar-refractivity contribution in [1.82, 2.24) is 4.98 Å². The first-order valence-electron chi connectivity index (χ1n) is 5.40. The molecule has 0 atom stereocenters. The number of carboxylic acid groups (broad SMARTS) is 1. The number of carbonyl (C=O) groups excluding carboxylic acids is 2. The SMILES string of the molecule is Cc1[nH]c2ccccc2c1C(=O)CCC(=O)[O-]. The number of hydrogen-bond acceptors (Lipinski definition) is 3. The van der Waals surface area contributed by atoms with Crippen molar-refractivity contribution in [3.63, 3.8) is 0 Å². The molecule has 4 heteroatoms. The molecule has 88 valence electrons. The number of carbonyl (C=O) groups is 2. The number of para-hydroxylation sites is 1. The molecular formula is C13H12NO3-. The summed E-state index contributed by atoms with van der Waals surface area (Å²) in [5.74, 6) is -1.36. The van der Waals surface area contributed by atoms with Crippen LogP contribution in [0.15, 0.2) is 24.3 Å². The lowest BCUT2D eigenvalue weighted by molar-refractivity contribution is -0.305. The van der Waals surface area contributed by atoms with E-state index in [9.17, 15) is 14.7 Å². The summed E-state index contributed by atoms with van der Waals surface area (Å²) in [6.45, 7) is 1.81. The molecule has 17 heavy (non-hydrogen) atoms. The first-order chi connectivity index (χ1) is 8.09. The van der Waals surface area contributed by atoms with E-state index in [1.165, 1.54) is 0 Å². The van der Waals surface area contributed by atoms with Crippen molar-refractivity contribution in [2.75, 3.05) is 0 Å². The zero-order chi connectivity index (χ0) is 12.4. The molecule has 0 spiro atoms. The van der Waals surface area contributed by atoms with Gasteiger partial charge in [0.1, 0.15) is 0 Å². The van der Waals surface area contributed by atoms with Gasteiger partial charge in [-0.05, 0) is 19.4 Å². The number of rotatable bonds is 4. The van der Waals surface area contributed by atoms with E-state index in [0.29, 0.717) is 5.56 Å². The van der Waals surface area contributed by atoms with Crippen molar-refractivity contribution in [2.45, 2.75) is 19.8 Å². The summed E-state index contributed by atoms with van der Waals surface area (Å²) in [5.41, 5.74) is 2.25. The van der Waals surface area contributed by atoms with Crippen molar-refractivity contribution in [3.8, 4) is 0 Å². The van der Waals surface area contributed by atoms with Crippen molar-refractivity contribution in [1.29, 1.82) is 0 Å². The highest BCUT2D eigenvalue weighted by atomic mass is 16.4. The number of fused-ring (bicyclic) bond motifs is 1. The third kappa shape index (κ3) is 2.20. The number of aliphatic carboxylic acids is 1. The highest BCUT2D eigenvalue weighted by Gasteiger charge is 2.15. The molecule has 1 N–H and O–H groups in total. The summed E-state index contributed by atoms with van der Waals surface area (Å²) in [5, 5.41) is 11.2. The van der Waals surface area contributed by atoms with Crippen LogP contribution in [0.1, 0.15) is 28.9 Å². The van der Waals surface area contributed by atoms with Gasteiger partial charge in [-0.15, -0.1) is 0 Å². The average Bonchev–Trinajstić information content (AvgIpc) is 2.61. The summed E-state index contributed by atoms with van der Waals surface area (Å²) >= 11 is 0. The fraction of sp³-hybridized carbons (Fsp3) is 0.231. The molecule has 2 aromatic rings. The normalized spacial score (nSPS) is 10.6. The number of aromatic nitrogens is 1. The van der Waals surface area contributed by atoms with E-state index in [4.69, 9.17) is 0 Å². The molecule has 0 aliphatic rings. The van der Waals surface area contributed by atoms with E-state index in [2.05, 4.69) is 4.98 Å². The van der Waals surface area contributed by atoms with Gasteiger partial charge in [0.15, 0.2) is 5.78 Å². The molecule has 0 saturated heterocycles. The van der Waals surface area contributed by atoms with Gasteiger partial charge >= 0.3 is 0 Å². The Morgan fingerprint density at radius 1 is 1.24 bits per heavy atom. The van der Waals surface area contributed by atoms with Gasteiger partial charge in [0.25, 0.3) is 0 Å². The minimum atomic E-state index is -1.20. The zero-order valence-corrected chi connectivity index (χ0v) is 9.45. The highest BCUT2D eigenvalue weighted by Crippen LogP contribution is 2.23. The Hall–Kier alpha value is -2.10. The first-order valence-corrected chi connectivity index (χ1v) is 5.40. The van der Waals surface area contributed by atoms with Gasteiger partial charge in [0.05, 0.1) is 0 Å². The third-order valence-corrected chi connectivity index (χ3v) is 2.73. The predicted molar refractivity (Wildman–Crippen MR) is 61.6 cm³/mol. The molecule has 0 radical (unpaired) electrons. The Morgan fingerprint density at radius 3 is 2.65 bits per heavy atom. The lowest BCUT2D eigenvalue weighted by Gasteiger charge is -2.02. The highest BCUT2D eigenvalue weighted by molar-refractivity contribution is 6.09. The number of nitrogens with one attached hydrogen (secondary N) is 1. The van der Waals surface area contributed by atoms with Crippen molar-refractivity contribution < 1.29 is 14.7 Å². The molecule has 0 amide bonds. The average molecular weight is 230 g/mol. The van der Waals surface area contributed by atoms with Crippen LogP contribution in [0.4, 0.5) is 0 Å². The second-order valence-electron chi connectivity index (χ2n) is 3.97. The Kier molecular flexibility index (Phi) is 2.95. The second kappa shape index (κ2) is 4.41. The maximum atomic E-state index is 11.9. The molecule has 0 unspecified atom stereocenters. The Labute approximate surface area is 98.3 Å². The van der Waals surface area contributed by atoms with E-state index in [1.807, 2.05) is 31.2 Å². The molecule has 1 aromatic carbocycles. The maximum absolute atomic E-state index is 11.9. The zero-order valence-electron chi connectivity index (χ0n) is 9.45. The molecule has 0 bridgehead atoms. The minimum Gasteiger partial charge on any atom is -0.550 e. The maximum Gasteiger partial charge on any atom is 0.165 e. The van der Waals surface area contributed by atoms with Gasteiger partial charge in [-0.1, -0.05) is 18.2 Å². The van der Waals surface area contributed by atoms with Crippen LogP contribution in [0, 0.1) is 6.92 Å². The van der Waals surface area contributed by atoms with Crippen LogP contribution in [0.5, 0.6) is 0 Å². The topological polar surface area (TPSA) is 73.0 Å². The fourth-order valence-corrected chi connectivity index (χ4v) is 1.98. The number of Topliss-reactive ketones (excluding diaryl/α,β-unsaturated/α-hetero) is 1. The van der Waals surface area contributed by atoms with Gasteiger partial charge in [-0.2, -0.15) is 0 Å². The van der Waals surface area contributed by atoms with Gasteiger partial charge in [0.2, 0.25) is 0 Å². The van der Waals surface area contributed by atoms with E-state index in [-0.39, 0.29) is 18.6 Å². The molecule has 1 heterocycles. The minimum absolute atomic E-state index is 0.0228. The molecule has 1 aromatic heterocycles. The third-order valence-electron chi connectivity index (χ3n) is 2.73. The molecule has 0 fully saturated rings. The molecule has 0 aliphatic carbocycles. The summed E-state index contributed by atoms with van der Waals surface area (Å²) in [6.07, 6.45) is -0.261. The van der Waals surface area contributed by atoms with Gasteiger partial charge in [-0.3, -0.25) is 4.79 Å². The van der Waals surface area contributed by atoms with Crippen LogP contribution in [0.25, 0.3) is 10.9 Å². The lowest BCUT2D eigenvalue weighted by atomic mass is 10.0. The predicted octanol–water partition coefficient (Wildman–Crippen LogP) is 1.19. The molecule has 0 saturated carbocycles. The number of benzene rings is 1. The quantitative estimate of drug-likeness (QED) is 0.802. The molecule has 2 rings (SSSR count). The van der Waals surface area contributed by atoms with Crippen LogP contribution in [-0.4, -0.2) is 16.7 Å². The second-order valence-corrected chi connectivity index (χ2v) is 3.97. The Balaban J connectivity index is 2.37. The lowest BCUT2D eigenvalue weighted by Crippen LogP contribution is -2.22. The molecular weight excluding hydrogens is 218 g/mol. The van der Waals surface area contributed by atoms with E-state index in [1.54, 1.807) is 0 Å². The van der Waals surface area contributed by atoms with Crippen LogP contribution in [0.3, 0.4) is 0 Å². The largest absolute Gasteiger partial charge is 0.550 e. The van der Waals surface area contributed by atoms with E-state index < -0.39 is 5.97 Å². The number of aryl methyl sites for hydroxylation is 1. The Bertz CT molecular complexity index is 583. The molecule has 4 nitrogen and oxygen atoms in total. The number of carboxylic acids is 1. The first kappa shape index (κ1) is 11.4. The van der Waals surface area contributed by atoms with Gasteiger partial charge in [0, 0.05) is 34.6 Å². The standard InChI is InChI=1S/C13H13NO3/c1-8-13(11(15)6-7-12(16)17)9-4-2-3-5-10(9)14-8/h2-5,14H,6-7H2,1H3,(H,16,17)/p-1. The smallest absolute Gasteiger partial charge is 0.165 e. The van der Waals surface area contributed by atoms with E-state index >= 15 is 0 Å². The number of H-pyrrole nitrogens is 1. The monoisotopic (exact) mass is 230 g/mol. The summed E-state index contributed by atoms with van der Waals surface area (Å²) in [4.78, 5) is 25.4. The van der Waals surface area contributed by atoms with Crippen molar-refractivity contribution >= 4 is 22.7 Å². The van der Waals surface area contributed by atoms with Crippen molar-refractivity contribution in [2.24, 2.45) is 0 Å². The van der Waals surface area contributed by atoms with Crippen molar-refractivity contribution in [3.05, 3.63) is 35.5 Å². The van der Waals surface area contributed by atoms with Crippen LogP contribution >= 0.6 is 0 Å². The Morgan fingerprint density at radius 2 is 1.94 bits per heavy atom. The summed E-state index contributed by atoms with van der Waals surface area (Å²) < 4.78 is 0.